The van der Waals surface area contributed by atoms with E-state index in [4.69, 9.17) is 10.5 Å². The molecule has 0 radical (unpaired) electrons. The van der Waals surface area contributed by atoms with Crippen LogP contribution < -0.4 is 15.8 Å². The molecule has 0 atom stereocenters. The fourth-order valence-corrected chi connectivity index (χ4v) is 2.19. The molecule has 5 nitrogen and oxygen atoms in total. The number of carbonyl (C=O) groups excluding carboxylic acids is 2. The molecule has 6 heteroatoms. The van der Waals surface area contributed by atoms with Gasteiger partial charge in [0.15, 0.2) is 5.78 Å². The van der Waals surface area contributed by atoms with E-state index in [9.17, 15) is 9.59 Å². The van der Waals surface area contributed by atoms with Crippen molar-refractivity contribution < 1.29 is 14.3 Å². The average Bonchev–Trinajstić information content (AvgIpc) is 2.59. The van der Waals surface area contributed by atoms with Crippen molar-refractivity contribution in [3.63, 3.8) is 0 Å². The Balaban J connectivity index is 0.00000529. The third kappa shape index (κ3) is 7.32. The molecular weight excluding hydrogens is 328 g/mol. The van der Waals surface area contributed by atoms with Crippen LogP contribution in [0.1, 0.15) is 56.3 Å². The molecule has 0 aromatic heterocycles. The summed E-state index contributed by atoms with van der Waals surface area (Å²) in [5.41, 5.74) is 6.45. The van der Waals surface area contributed by atoms with Crippen molar-refractivity contribution in [3.8, 4) is 5.75 Å². The lowest BCUT2D eigenvalue weighted by atomic mass is 9.94. The molecule has 1 rings (SSSR count). The molecule has 1 aromatic carbocycles. The van der Waals surface area contributed by atoms with Gasteiger partial charge < -0.3 is 15.8 Å². The molecule has 0 aliphatic carbocycles. The number of Topliss-reactive ketones (excluding diaryl/α,β-unsaturated/α-hetero) is 1. The van der Waals surface area contributed by atoms with E-state index in [2.05, 4.69) is 5.32 Å². The van der Waals surface area contributed by atoms with Gasteiger partial charge in [-0.15, -0.1) is 12.4 Å². The summed E-state index contributed by atoms with van der Waals surface area (Å²) in [7, 11) is 1.59. The fourth-order valence-electron chi connectivity index (χ4n) is 2.19. The van der Waals surface area contributed by atoms with Crippen LogP contribution in [0.3, 0.4) is 0 Å². The largest absolute Gasteiger partial charge is 0.497 e. The molecule has 0 spiro atoms. The number of ketones is 1. The Hall–Kier alpha value is -1.59. The monoisotopic (exact) mass is 356 g/mol. The summed E-state index contributed by atoms with van der Waals surface area (Å²) >= 11 is 0. The summed E-state index contributed by atoms with van der Waals surface area (Å²) in [5.74, 6) is 0.707. The first-order valence-electron chi connectivity index (χ1n) is 8.17. The second-order valence-corrected chi connectivity index (χ2v) is 5.85. The lowest BCUT2D eigenvalue weighted by Gasteiger charge is -2.26. The summed E-state index contributed by atoms with van der Waals surface area (Å²) in [6.07, 6.45) is 2.87. The van der Waals surface area contributed by atoms with Gasteiger partial charge in [-0.05, 0) is 43.5 Å². The molecule has 0 unspecified atom stereocenters. The second-order valence-electron chi connectivity index (χ2n) is 5.85. The van der Waals surface area contributed by atoms with Gasteiger partial charge in [0.2, 0.25) is 5.91 Å². The molecule has 136 valence electrons. The lowest BCUT2D eigenvalue weighted by molar-refractivity contribution is -0.121. The fraction of sp³-hybridized carbons (Fsp3) is 0.556. The number of hydrogen-bond donors (Lipinski definition) is 2. The smallest absolute Gasteiger partial charge is 0.220 e. The van der Waals surface area contributed by atoms with Crippen molar-refractivity contribution in [1.82, 2.24) is 5.32 Å². The van der Waals surface area contributed by atoms with Gasteiger partial charge in [-0.25, -0.2) is 0 Å². The van der Waals surface area contributed by atoms with Crippen LogP contribution in [0, 0.1) is 0 Å². The van der Waals surface area contributed by atoms with Crippen molar-refractivity contribution in [3.05, 3.63) is 29.8 Å². The highest BCUT2D eigenvalue weighted by Gasteiger charge is 2.20. The first kappa shape index (κ1) is 22.4. The van der Waals surface area contributed by atoms with Crippen LogP contribution in [0.2, 0.25) is 0 Å². The van der Waals surface area contributed by atoms with Crippen molar-refractivity contribution in [2.75, 3.05) is 13.7 Å². The lowest BCUT2D eigenvalue weighted by Crippen LogP contribution is -2.49. The number of halogens is 1. The maximum Gasteiger partial charge on any atom is 0.220 e. The van der Waals surface area contributed by atoms with E-state index >= 15 is 0 Å². The highest BCUT2D eigenvalue weighted by Crippen LogP contribution is 2.14. The van der Waals surface area contributed by atoms with Gasteiger partial charge in [-0.1, -0.05) is 13.8 Å². The highest BCUT2D eigenvalue weighted by atomic mass is 35.5. The van der Waals surface area contributed by atoms with Crippen LogP contribution in [0.15, 0.2) is 24.3 Å². The van der Waals surface area contributed by atoms with Crippen LogP contribution in [0.25, 0.3) is 0 Å². The number of nitrogens with two attached hydrogens (primary N) is 1. The van der Waals surface area contributed by atoms with Gasteiger partial charge in [-0.3, -0.25) is 9.59 Å². The summed E-state index contributed by atoms with van der Waals surface area (Å²) < 4.78 is 5.06. The van der Waals surface area contributed by atoms with E-state index in [0.717, 1.165) is 18.6 Å². The zero-order valence-corrected chi connectivity index (χ0v) is 15.6. The van der Waals surface area contributed by atoms with E-state index in [1.165, 1.54) is 0 Å². The number of ether oxygens (including phenoxy) is 1. The summed E-state index contributed by atoms with van der Waals surface area (Å²) in [6, 6.07) is 7.01. The summed E-state index contributed by atoms with van der Waals surface area (Å²) in [6.45, 7) is 4.51. The third-order valence-electron chi connectivity index (χ3n) is 4.27. The Morgan fingerprint density at radius 2 is 1.71 bits per heavy atom. The quantitative estimate of drug-likeness (QED) is 0.631. The number of nitrogens with one attached hydrogen (secondary N) is 1. The molecule has 0 fully saturated rings. The molecule has 24 heavy (non-hydrogen) atoms. The zero-order chi connectivity index (χ0) is 17.3. The summed E-state index contributed by atoms with van der Waals surface area (Å²) in [5, 5.41) is 2.86. The number of carbonyl (C=O) groups is 2. The predicted molar refractivity (Wildman–Crippen MR) is 98.9 cm³/mol. The normalized spacial score (nSPS) is 10.7. The molecule has 0 aliphatic heterocycles. The van der Waals surface area contributed by atoms with Gasteiger partial charge in [0.25, 0.3) is 0 Å². The summed E-state index contributed by atoms with van der Waals surface area (Å²) in [4.78, 5) is 23.9. The third-order valence-corrected chi connectivity index (χ3v) is 4.27. The number of amides is 1. The maximum atomic E-state index is 12.0. The van der Waals surface area contributed by atoms with Gasteiger partial charge in [0.05, 0.1) is 7.11 Å². The van der Waals surface area contributed by atoms with E-state index in [0.29, 0.717) is 31.4 Å². The molecule has 0 aliphatic rings. The molecule has 1 amide bonds. The Morgan fingerprint density at radius 3 is 2.21 bits per heavy atom. The van der Waals surface area contributed by atoms with Crippen molar-refractivity contribution >= 4 is 24.1 Å². The van der Waals surface area contributed by atoms with Crippen LogP contribution in [-0.4, -0.2) is 30.9 Å². The van der Waals surface area contributed by atoms with E-state index in [1.807, 2.05) is 13.8 Å². The number of methoxy groups -OCH3 is 1. The van der Waals surface area contributed by atoms with Crippen LogP contribution in [0.5, 0.6) is 5.75 Å². The number of rotatable bonds is 10. The van der Waals surface area contributed by atoms with Crippen molar-refractivity contribution in [1.29, 1.82) is 0 Å². The molecule has 0 bridgehead atoms. The molecule has 1 aromatic rings. The minimum Gasteiger partial charge on any atom is -0.497 e. The Kier molecular flexibility index (Phi) is 10.3. The zero-order valence-electron chi connectivity index (χ0n) is 14.8. The van der Waals surface area contributed by atoms with Crippen LogP contribution >= 0.6 is 12.4 Å². The van der Waals surface area contributed by atoms with E-state index < -0.39 is 0 Å². The van der Waals surface area contributed by atoms with Gasteiger partial charge in [0.1, 0.15) is 5.75 Å². The van der Waals surface area contributed by atoms with Gasteiger partial charge in [-0.2, -0.15) is 0 Å². The van der Waals surface area contributed by atoms with Crippen LogP contribution in [-0.2, 0) is 4.79 Å². The highest BCUT2D eigenvalue weighted by molar-refractivity contribution is 5.96. The standard InChI is InChI=1S/C18H28N2O3.ClH/c1-4-18(19,5-2)13-20-17(22)8-6-7-16(21)14-9-11-15(23-3)12-10-14;/h9-12H,4-8,13,19H2,1-3H3,(H,20,22);1H. The Bertz CT molecular complexity index is 514. The molecule has 3 N–H and O–H groups in total. The van der Waals surface area contributed by atoms with E-state index in [-0.39, 0.29) is 29.6 Å². The Labute approximate surface area is 150 Å². The van der Waals surface area contributed by atoms with Crippen molar-refractivity contribution in [2.24, 2.45) is 5.73 Å². The minimum absolute atomic E-state index is 0. The Morgan fingerprint density at radius 1 is 1.12 bits per heavy atom. The minimum atomic E-state index is -0.339. The van der Waals surface area contributed by atoms with E-state index in [1.54, 1.807) is 31.4 Å². The molecule has 0 heterocycles. The maximum absolute atomic E-state index is 12.0. The predicted octanol–water partition coefficient (Wildman–Crippen LogP) is 3.10. The molecule has 0 saturated carbocycles. The second kappa shape index (κ2) is 11.0. The number of hydrogen-bond acceptors (Lipinski definition) is 4. The van der Waals surface area contributed by atoms with Crippen LogP contribution in [0.4, 0.5) is 0 Å². The van der Waals surface area contributed by atoms with Gasteiger partial charge in [0, 0.05) is 30.5 Å². The molecule has 0 saturated heterocycles. The topological polar surface area (TPSA) is 81.4 Å². The first-order valence-corrected chi connectivity index (χ1v) is 8.17. The van der Waals surface area contributed by atoms with Crippen molar-refractivity contribution in [2.45, 2.75) is 51.5 Å². The SMILES string of the molecule is CCC(N)(CC)CNC(=O)CCCC(=O)c1ccc(OC)cc1.Cl. The number of benzene rings is 1. The first-order chi connectivity index (χ1) is 10.9. The average molecular weight is 357 g/mol. The molecular formula is C18H29ClN2O3. The van der Waals surface area contributed by atoms with Gasteiger partial charge >= 0.3 is 0 Å².